The molecule has 0 spiro atoms. The van der Waals surface area contributed by atoms with Gasteiger partial charge >= 0.3 is 0 Å². The predicted molar refractivity (Wildman–Crippen MR) is 86.9 cm³/mol. The molecule has 2 aromatic rings. The van der Waals surface area contributed by atoms with Gasteiger partial charge in [0.1, 0.15) is 5.82 Å². The minimum atomic E-state index is 0.759. The summed E-state index contributed by atoms with van der Waals surface area (Å²) in [5.74, 6) is 0.866. The first-order valence-electron chi connectivity index (χ1n) is 6.50. The first-order valence-corrected chi connectivity index (χ1v) is 7.72. The molecule has 1 aromatic heterocycles. The van der Waals surface area contributed by atoms with Crippen LogP contribution in [-0.4, -0.2) is 16.2 Å². The van der Waals surface area contributed by atoms with Gasteiger partial charge in [-0.25, -0.2) is 9.97 Å². The standard InChI is InChI=1S/C16H19N3S/c1-5-6-14-12(3)17-16(20-4)19-15(14)18-13-9-7-11(2)8-10-13/h5,7-10H,1,6H2,2-4H3,(H,17,18,19). The van der Waals surface area contributed by atoms with E-state index in [4.69, 9.17) is 0 Å². The van der Waals surface area contributed by atoms with E-state index >= 15 is 0 Å². The summed E-state index contributed by atoms with van der Waals surface area (Å²) in [5, 5.41) is 4.17. The van der Waals surface area contributed by atoms with Gasteiger partial charge in [0.05, 0.1) is 0 Å². The minimum absolute atomic E-state index is 0.759. The fraction of sp³-hybridized carbons (Fsp3) is 0.250. The molecule has 0 saturated carbocycles. The van der Waals surface area contributed by atoms with Gasteiger partial charge in [0.15, 0.2) is 5.16 Å². The van der Waals surface area contributed by atoms with Gasteiger partial charge in [-0.05, 0) is 38.7 Å². The normalized spacial score (nSPS) is 10.3. The molecule has 104 valence electrons. The number of benzene rings is 1. The molecule has 1 N–H and O–H groups in total. The number of aromatic nitrogens is 2. The van der Waals surface area contributed by atoms with Crippen LogP contribution in [0.4, 0.5) is 11.5 Å². The quantitative estimate of drug-likeness (QED) is 0.505. The van der Waals surface area contributed by atoms with E-state index in [2.05, 4.69) is 53.1 Å². The van der Waals surface area contributed by atoms with Gasteiger partial charge in [-0.1, -0.05) is 35.5 Å². The van der Waals surface area contributed by atoms with Gasteiger partial charge in [0.2, 0.25) is 0 Å². The van der Waals surface area contributed by atoms with Crippen LogP contribution in [0.5, 0.6) is 0 Å². The molecule has 0 radical (unpaired) electrons. The van der Waals surface area contributed by atoms with Crippen LogP contribution in [-0.2, 0) is 6.42 Å². The van der Waals surface area contributed by atoms with Crippen molar-refractivity contribution in [3.05, 3.63) is 53.7 Å². The molecule has 0 aliphatic heterocycles. The summed E-state index contributed by atoms with van der Waals surface area (Å²) in [6, 6.07) is 8.28. The number of aryl methyl sites for hydroxylation is 2. The topological polar surface area (TPSA) is 37.8 Å². The molecule has 3 nitrogen and oxygen atoms in total. The number of anilines is 2. The molecule has 4 heteroatoms. The van der Waals surface area contributed by atoms with Crippen LogP contribution in [0.15, 0.2) is 42.1 Å². The summed E-state index contributed by atoms with van der Waals surface area (Å²) in [7, 11) is 0. The van der Waals surface area contributed by atoms with Crippen LogP contribution in [0.2, 0.25) is 0 Å². The zero-order valence-corrected chi connectivity index (χ0v) is 12.9. The molecule has 2 rings (SSSR count). The first-order chi connectivity index (χ1) is 9.63. The molecule has 0 amide bonds. The van der Waals surface area contributed by atoms with E-state index < -0.39 is 0 Å². The van der Waals surface area contributed by atoms with Crippen molar-refractivity contribution in [3.8, 4) is 0 Å². The van der Waals surface area contributed by atoms with E-state index in [-0.39, 0.29) is 0 Å². The summed E-state index contributed by atoms with van der Waals surface area (Å²) in [5.41, 5.74) is 4.37. The number of nitrogens with one attached hydrogen (secondary N) is 1. The second-order valence-corrected chi connectivity index (χ2v) is 5.38. The third-order valence-electron chi connectivity index (χ3n) is 3.04. The van der Waals surface area contributed by atoms with Crippen molar-refractivity contribution < 1.29 is 0 Å². The average molecular weight is 285 g/mol. The lowest BCUT2D eigenvalue weighted by Gasteiger charge is -2.13. The van der Waals surface area contributed by atoms with E-state index in [1.807, 2.05) is 19.3 Å². The molecule has 1 heterocycles. The highest BCUT2D eigenvalue weighted by Crippen LogP contribution is 2.24. The molecule has 0 fully saturated rings. The Balaban J connectivity index is 2.39. The summed E-state index contributed by atoms with van der Waals surface area (Å²) in [6.07, 6.45) is 4.62. The predicted octanol–water partition coefficient (Wildman–Crippen LogP) is 4.29. The third-order valence-corrected chi connectivity index (χ3v) is 3.59. The molecule has 0 bridgehead atoms. The van der Waals surface area contributed by atoms with Crippen molar-refractivity contribution in [2.24, 2.45) is 0 Å². The highest BCUT2D eigenvalue weighted by atomic mass is 32.2. The highest BCUT2D eigenvalue weighted by molar-refractivity contribution is 7.98. The molecule has 0 aliphatic rings. The largest absolute Gasteiger partial charge is 0.340 e. The zero-order valence-electron chi connectivity index (χ0n) is 12.1. The average Bonchev–Trinajstić information content (AvgIpc) is 2.44. The van der Waals surface area contributed by atoms with E-state index in [0.717, 1.165) is 34.3 Å². The zero-order chi connectivity index (χ0) is 14.5. The lowest BCUT2D eigenvalue weighted by atomic mass is 10.1. The second-order valence-electron chi connectivity index (χ2n) is 4.61. The van der Waals surface area contributed by atoms with Crippen molar-refractivity contribution in [1.82, 2.24) is 9.97 Å². The molecular formula is C16H19N3S. The van der Waals surface area contributed by atoms with Crippen molar-refractivity contribution in [1.29, 1.82) is 0 Å². The Labute approximate surface area is 124 Å². The van der Waals surface area contributed by atoms with Gasteiger partial charge in [0.25, 0.3) is 0 Å². The van der Waals surface area contributed by atoms with E-state index in [1.54, 1.807) is 11.8 Å². The maximum absolute atomic E-state index is 4.58. The molecule has 1 aromatic carbocycles. The Morgan fingerprint density at radius 1 is 1.20 bits per heavy atom. The SMILES string of the molecule is C=CCc1c(C)nc(SC)nc1Nc1ccc(C)cc1. The number of thioether (sulfide) groups is 1. The van der Waals surface area contributed by atoms with Gasteiger partial charge in [-0.2, -0.15) is 0 Å². The first kappa shape index (κ1) is 14.6. The summed E-state index contributed by atoms with van der Waals surface area (Å²) in [6.45, 7) is 7.90. The van der Waals surface area contributed by atoms with Crippen molar-refractivity contribution in [2.75, 3.05) is 11.6 Å². The molecule has 20 heavy (non-hydrogen) atoms. The lowest BCUT2D eigenvalue weighted by molar-refractivity contribution is 0.909. The Hall–Kier alpha value is -1.81. The van der Waals surface area contributed by atoms with E-state index in [0.29, 0.717) is 0 Å². The number of nitrogens with zero attached hydrogens (tertiary/aromatic N) is 2. The van der Waals surface area contributed by atoms with Crippen LogP contribution < -0.4 is 5.32 Å². The van der Waals surface area contributed by atoms with E-state index in [9.17, 15) is 0 Å². The van der Waals surface area contributed by atoms with E-state index in [1.165, 1.54) is 5.56 Å². The third kappa shape index (κ3) is 3.39. The number of hydrogen-bond acceptors (Lipinski definition) is 4. The van der Waals surface area contributed by atoms with Crippen molar-refractivity contribution >= 4 is 23.3 Å². The Kier molecular flexibility index (Phi) is 4.79. The summed E-state index contributed by atoms with van der Waals surface area (Å²) < 4.78 is 0. The van der Waals surface area contributed by atoms with Crippen LogP contribution in [0.25, 0.3) is 0 Å². The molecule has 0 atom stereocenters. The summed E-state index contributed by atoms with van der Waals surface area (Å²) in [4.78, 5) is 9.07. The molecule has 0 saturated heterocycles. The summed E-state index contributed by atoms with van der Waals surface area (Å²) >= 11 is 1.55. The van der Waals surface area contributed by atoms with Gasteiger partial charge < -0.3 is 5.32 Å². The second kappa shape index (κ2) is 6.57. The maximum Gasteiger partial charge on any atom is 0.189 e. The highest BCUT2D eigenvalue weighted by Gasteiger charge is 2.10. The van der Waals surface area contributed by atoms with Crippen LogP contribution >= 0.6 is 11.8 Å². The van der Waals surface area contributed by atoms with Gasteiger partial charge in [-0.3, -0.25) is 0 Å². The monoisotopic (exact) mass is 285 g/mol. The molecular weight excluding hydrogens is 266 g/mol. The lowest BCUT2D eigenvalue weighted by Crippen LogP contribution is -2.04. The van der Waals surface area contributed by atoms with Crippen LogP contribution in [0, 0.1) is 13.8 Å². The van der Waals surface area contributed by atoms with Crippen LogP contribution in [0.3, 0.4) is 0 Å². The van der Waals surface area contributed by atoms with Gasteiger partial charge in [0, 0.05) is 16.9 Å². The fourth-order valence-corrected chi connectivity index (χ4v) is 2.34. The number of rotatable bonds is 5. The Morgan fingerprint density at radius 2 is 1.90 bits per heavy atom. The fourth-order valence-electron chi connectivity index (χ4n) is 1.93. The maximum atomic E-state index is 4.58. The molecule has 0 aliphatic carbocycles. The smallest absolute Gasteiger partial charge is 0.189 e. The van der Waals surface area contributed by atoms with Crippen molar-refractivity contribution in [2.45, 2.75) is 25.4 Å². The number of hydrogen-bond donors (Lipinski definition) is 1. The Bertz CT molecular complexity index is 606. The Morgan fingerprint density at radius 3 is 2.50 bits per heavy atom. The van der Waals surface area contributed by atoms with Crippen LogP contribution in [0.1, 0.15) is 16.8 Å². The minimum Gasteiger partial charge on any atom is -0.340 e. The number of allylic oxidation sites excluding steroid dienone is 1. The van der Waals surface area contributed by atoms with Gasteiger partial charge in [-0.15, -0.1) is 6.58 Å². The molecule has 0 unspecified atom stereocenters. The van der Waals surface area contributed by atoms with Crippen molar-refractivity contribution in [3.63, 3.8) is 0 Å².